The lowest BCUT2D eigenvalue weighted by molar-refractivity contribution is -0.122. The van der Waals surface area contributed by atoms with Gasteiger partial charge in [-0.1, -0.05) is 12.1 Å². The van der Waals surface area contributed by atoms with E-state index in [-0.39, 0.29) is 10.8 Å². The van der Waals surface area contributed by atoms with Crippen molar-refractivity contribution in [2.75, 3.05) is 39.3 Å². The number of nitrogens with two attached hydrogens (primary N) is 1. The molecule has 1 aliphatic heterocycles. The lowest BCUT2D eigenvalue weighted by atomic mass is 10.1. The van der Waals surface area contributed by atoms with Gasteiger partial charge in [-0.25, -0.2) is 13.6 Å². The predicted octanol–water partition coefficient (Wildman–Crippen LogP) is -0.227. The normalized spacial score (nSPS) is 19.7. The molecule has 3 rings (SSSR count). The first-order valence-electron chi connectivity index (χ1n) is 8.77. The van der Waals surface area contributed by atoms with Crippen LogP contribution in [0.5, 0.6) is 0 Å². The van der Waals surface area contributed by atoms with Crippen molar-refractivity contribution in [2.24, 2.45) is 5.14 Å². The Bertz CT molecular complexity index is 693. The van der Waals surface area contributed by atoms with Crippen LogP contribution in [-0.2, 0) is 21.2 Å². The van der Waals surface area contributed by atoms with Gasteiger partial charge in [0, 0.05) is 38.8 Å². The highest BCUT2D eigenvalue weighted by Crippen LogP contribution is 2.27. The highest BCUT2D eigenvalue weighted by atomic mass is 32.2. The van der Waals surface area contributed by atoms with E-state index in [4.69, 9.17) is 5.14 Å². The Morgan fingerprint density at radius 1 is 1.12 bits per heavy atom. The van der Waals surface area contributed by atoms with E-state index in [2.05, 4.69) is 15.1 Å². The van der Waals surface area contributed by atoms with Crippen LogP contribution in [0.4, 0.5) is 0 Å². The second-order valence-electron chi connectivity index (χ2n) is 6.83. The van der Waals surface area contributed by atoms with Gasteiger partial charge in [0.25, 0.3) is 0 Å². The molecule has 0 unspecified atom stereocenters. The maximum absolute atomic E-state index is 12.1. The second-order valence-corrected chi connectivity index (χ2v) is 8.39. The van der Waals surface area contributed by atoms with Crippen LogP contribution in [0, 0.1) is 0 Å². The number of nitrogens with one attached hydrogen (secondary N) is 1. The molecule has 25 heavy (non-hydrogen) atoms. The zero-order valence-corrected chi connectivity index (χ0v) is 15.2. The number of hydrogen-bond donors (Lipinski definition) is 2. The third-order valence-electron chi connectivity index (χ3n) is 4.83. The molecule has 0 aromatic heterocycles. The molecule has 138 valence electrons. The fourth-order valence-electron chi connectivity index (χ4n) is 3.18. The summed E-state index contributed by atoms with van der Waals surface area (Å²) < 4.78 is 22.4. The maximum atomic E-state index is 12.1. The third kappa shape index (κ3) is 5.50. The van der Waals surface area contributed by atoms with Crippen molar-refractivity contribution in [3.8, 4) is 0 Å². The Morgan fingerprint density at radius 3 is 2.32 bits per heavy atom. The van der Waals surface area contributed by atoms with Gasteiger partial charge in [-0.3, -0.25) is 14.6 Å². The summed E-state index contributed by atoms with van der Waals surface area (Å²) in [5.74, 6) is 0.0426. The average molecular weight is 366 g/mol. The minimum atomic E-state index is -3.65. The first kappa shape index (κ1) is 18.3. The molecule has 1 amide bonds. The third-order valence-corrected chi connectivity index (χ3v) is 5.75. The molecule has 2 fully saturated rings. The monoisotopic (exact) mass is 366 g/mol. The molecule has 0 spiro atoms. The number of nitrogens with zero attached hydrogens (tertiary/aromatic N) is 2. The van der Waals surface area contributed by atoms with Crippen LogP contribution in [0.25, 0.3) is 0 Å². The van der Waals surface area contributed by atoms with E-state index in [0.29, 0.717) is 19.5 Å². The highest BCUT2D eigenvalue weighted by molar-refractivity contribution is 7.89. The van der Waals surface area contributed by atoms with E-state index in [1.54, 1.807) is 12.1 Å². The summed E-state index contributed by atoms with van der Waals surface area (Å²) in [6, 6.07) is 7.24. The standard InChI is InChI=1S/C17H26N4O3S/c18-25(23,24)16-5-1-14(2-6-16)7-8-19-17(22)13-20-9-11-21(12-10-20)15-3-4-15/h1-2,5-6,15H,3-4,7-13H2,(H,19,22)(H2,18,23,24). The smallest absolute Gasteiger partial charge is 0.238 e. The SMILES string of the molecule is NS(=O)(=O)c1ccc(CCNC(=O)CN2CCN(C3CC3)CC2)cc1. The number of sulfonamides is 1. The molecule has 0 radical (unpaired) electrons. The summed E-state index contributed by atoms with van der Waals surface area (Å²) in [7, 11) is -3.65. The molecule has 7 nitrogen and oxygen atoms in total. The predicted molar refractivity (Wildman–Crippen MR) is 95.6 cm³/mol. The Hall–Kier alpha value is -1.48. The van der Waals surface area contributed by atoms with Crippen LogP contribution < -0.4 is 10.5 Å². The molecule has 1 aromatic rings. The van der Waals surface area contributed by atoms with Crippen molar-refractivity contribution in [3.63, 3.8) is 0 Å². The fourth-order valence-corrected chi connectivity index (χ4v) is 3.69. The van der Waals surface area contributed by atoms with Gasteiger partial charge in [-0.2, -0.15) is 0 Å². The lowest BCUT2D eigenvalue weighted by Crippen LogP contribution is -2.50. The van der Waals surface area contributed by atoms with E-state index in [9.17, 15) is 13.2 Å². The number of primary sulfonamides is 1. The highest BCUT2D eigenvalue weighted by Gasteiger charge is 2.31. The number of piperazine rings is 1. The minimum absolute atomic E-state index is 0.0426. The van der Waals surface area contributed by atoms with Gasteiger partial charge < -0.3 is 5.32 Å². The zero-order valence-electron chi connectivity index (χ0n) is 14.4. The number of carbonyl (C=O) groups excluding carboxylic acids is 1. The number of rotatable bonds is 7. The molecule has 1 heterocycles. The van der Waals surface area contributed by atoms with Gasteiger partial charge in [0.05, 0.1) is 11.4 Å². The molecule has 3 N–H and O–H groups in total. The number of hydrogen-bond acceptors (Lipinski definition) is 5. The number of benzene rings is 1. The molecular weight excluding hydrogens is 340 g/mol. The Morgan fingerprint density at radius 2 is 1.76 bits per heavy atom. The topological polar surface area (TPSA) is 95.7 Å². The van der Waals surface area contributed by atoms with Gasteiger partial charge in [0.2, 0.25) is 15.9 Å². The van der Waals surface area contributed by atoms with Gasteiger partial charge in [0.1, 0.15) is 0 Å². The summed E-state index contributed by atoms with van der Waals surface area (Å²) in [5, 5.41) is 8.00. The summed E-state index contributed by atoms with van der Waals surface area (Å²) in [6.45, 7) is 5.03. The van der Waals surface area contributed by atoms with Gasteiger partial charge in [-0.15, -0.1) is 0 Å². The first-order valence-corrected chi connectivity index (χ1v) is 10.3. The fraction of sp³-hybridized carbons (Fsp3) is 0.588. The van der Waals surface area contributed by atoms with E-state index in [1.165, 1.54) is 25.0 Å². The van der Waals surface area contributed by atoms with Crippen LogP contribution in [0.1, 0.15) is 18.4 Å². The quantitative estimate of drug-likeness (QED) is 0.695. The van der Waals surface area contributed by atoms with Crippen molar-refractivity contribution in [3.05, 3.63) is 29.8 Å². The molecule has 0 atom stereocenters. The van der Waals surface area contributed by atoms with Crippen molar-refractivity contribution < 1.29 is 13.2 Å². The van der Waals surface area contributed by atoms with Crippen molar-refractivity contribution in [1.29, 1.82) is 0 Å². The number of carbonyl (C=O) groups is 1. The molecule has 1 saturated heterocycles. The summed E-state index contributed by atoms with van der Waals surface area (Å²) in [5.41, 5.74) is 0.964. The zero-order chi connectivity index (χ0) is 17.9. The number of amides is 1. The molecule has 1 aromatic carbocycles. The Balaban J connectivity index is 1.35. The second kappa shape index (κ2) is 7.82. The van der Waals surface area contributed by atoms with E-state index >= 15 is 0 Å². The summed E-state index contributed by atoms with van der Waals surface area (Å²) in [4.78, 5) is 16.9. The molecule has 2 aliphatic rings. The van der Waals surface area contributed by atoms with Crippen LogP contribution >= 0.6 is 0 Å². The van der Waals surface area contributed by atoms with Crippen LogP contribution in [-0.4, -0.2) is 69.4 Å². The molecule has 8 heteroatoms. The van der Waals surface area contributed by atoms with E-state index in [1.807, 2.05) is 0 Å². The van der Waals surface area contributed by atoms with E-state index < -0.39 is 10.0 Å². The lowest BCUT2D eigenvalue weighted by Gasteiger charge is -2.34. The van der Waals surface area contributed by atoms with Crippen LogP contribution in [0.2, 0.25) is 0 Å². The molecule has 0 bridgehead atoms. The summed E-state index contributed by atoms with van der Waals surface area (Å²) >= 11 is 0. The van der Waals surface area contributed by atoms with Gasteiger partial charge in [-0.05, 0) is 37.0 Å². The molecular formula is C17H26N4O3S. The van der Waals surface area contributed by atoms with Crippen molar-refractivity contribution in [1.82, 2.24) is 15.1 Å². The Labute approximate surface area is 149 Å². The van der Waals surface area contributed by atoms with Gasteiger partial charge in [0.15, 0.2) is 0 Å². The summed E-state index contributed by atoms with van der Waals surface area (Å²) in [6.07, 6.45) is 3.32. The van der Waals surface area contributed by atoms with E-state index in [0.717, 1.165) is 37.8 Å². The van der Waals surface area contributed by atoms with Crippen molar-refractivity contribution >= 4 is 15.9 Å². The van der Waals surface area contributed by atoms with Crippen LogP contribution in [0.3, 0.4) is 0 Å². The van der Waals surface area contributed by atoms with Gasteiger partial charge >= 0.3 is 0 Å². The maximum Gasteiger partial charge on any atom is 0.238 e. The molecule has 1 aliphatic carbocycles. The minimum Gasteiger partial charge on any atom is -0.355 e. The average Bonchev–Trinajstić information content (AvgIpc) is 3.40. The first-order chi connectivity index (χ1) is 11.9. The largest absolute Gasteiger partial charge is 0.355 e. The van der Waals surface area contributed by atoms with Crippen LogP contribution in [0.15, 0.2) is 29.2 Å². The molecule has 1 saturated carbocycles. The van der Waals surface area contributed by atoms with Crippen molar-refractivity contribution in [2.45, 2.75) is 30.2 Å². The Kier molecular flexibility index (Phi) is 5.73.